The summed E-state index contributed by atoms with van der Waals surface area (Å²) in [4.78, 5) is 0. The van der Waals surface area contributed by atoms with Crippen molar-refractivity contribution in [3.8, 4) is 11.5 Å². The van der Waals surface area contributed by atoms with Crippen molar-refractivity contribution in [2.75, 3.05) is 5.88 Å². The molecule has 0 spiro atoms. The second kappa shape index (κ2) is 8.29. The van der Waals surface area contributed by atoms with E-state index in [-0.39, 0.29) is 11.5 Å². The number of phenolic OH excluding ortho intramolecular Hbond substituents is 2. The first-order chi connectivity index (χ1) is 12.6. The number of aromatic hydroxyl groups is 2. The molecule has 0 aliphatic heterocycles. The zero-order valence-corrected chi connectivity index (χ0v) is 15.5. The summed E-state index contributed by atoms with van der Waals surface area (Å²) >= 11 is 5.87. The molecule has 1 aliphatic carbocycles. The minimum absolute atomic E-state index is 0.247. The average molecular weight is 367 g/mol. The second-order valence-corrected chi connectivity index (χ2v) is 6.97. The highest BCUT2D eigenvalue weighted by Crippen LogP contribution is 2.39. The van der Waals surface area contributed by atoms with E-state index in [0.29, 0.717) is 5.88 Å². The Labute approximate surface area is 159 Å². The lowest BCUT2D eigenvalue weighted by atomic mass is 9.90. The van der Waals surface area contributed by atoms with Crippen molar-refractivity contribution in [1.29, 1.82) is 0 Å². The molecular weight excluding hydrogens is 344 g/mol. The van der Waals surface area contributed by atoms with E-state index >= 15 is 0 Å². The molecule has 1 fully saturated rings. The predicted molar refractivity (Wildman–Crippen MR) is 109 cm³/mol. The topological polar surface area (TPSA) is 40.5 Å². The molecule has 0 saturated heterocycles. The summed E-state index contributed by atoms with van der Waals surface area (Å²) in [7, 11) is 0. The first-order valence-electron chi connectivity index (χ1n) is 8.85. The van der Waals surface area contributed by atoms with Gasteiger partial charge in [-0.05, 0) is 83.4 Å². The fourth-order valence-electron chi connectivity index (χ4n) is 3.02. The largest absolute Gasteiger partial charge is 0.508 e. The number of allylic oxidation sites excluding steroid dienone is 4. The van der Waals surface area contributed by atoms with Crippen LogP contribution in [-0.2, 0) is 0 Å². The predicted octanol–water partition coefficient (Wildman–Crippen LogP) is 6.20. The fraction of sp³-hybridized carbons (Fsp3) is 0.217. The van der Waals surface area contributed by atoms with Gasteiger partial charge in [-0.15, -0.1) is 11.6 Å². The Hall–Kier alpha value is -2.45. The van der Waals surface area contributed by atoms with Gasteiger partial charge in [0.2, 0.25) is 0 Å². The highest BCUT2D eigenvalue weighted by molar-refractivity contribution is 6.17. The second-order valence-electron chi connectivity index (χ2n) is 6.59. The van der Waals surface area contributed by atoms with Gasteiger partial charge in [-0.2, -0.15) is 0 Å². The molecule has 2 N–H and O–H groups in total. The summed E-state index contributed by atoms with van der Waals surface area (Å²) in [5, 5.41) is 19.3. The molecule has 0 atom stereocenters. The highest BCUT2D eigenvalue weighted by Gasteiger charge is 2.20. The highest BCUT2D eigenvalue weighted by atomic mass is 35.5. The Balaban J connectivity index is 2.12. The van der Waals surface area contributed by atoms with Crippen LogP contribution in [0.5, 0.6) is 11.5 Å². The smallest absolute Gasteiger partial charge is 0.115 e. The first-order valence-corrected chi connectivity index (χ1v) is 9.38. The summed E-state index contributed by atoms with van der Waals surface area (Å²) in [6.45, 7) is 4.05. The maximum atomic E-state index is 9.66. The molecule has 0 radical (unpaired) electrons. The average Bonchev–Trinajstić information content (AvgIpc) is 3.33. The Kier molecular flexibility index (Phi) is 5.85. The van der Waals surface area contributed by atoms with E-state index in [1.807, 2.05) is 24.3 Å². The van der Waals surface area contributed by atoms with E-state index in [1.54, 1.807) is 24.3 Å². The van der Waals surface area contributed by atoms with E-state index in [0.717, 1.165) is 42.4 Å². The summed E-state index contributed by atoms with van der Waals surface area (Å²) in [6, 6.07) is 14.5. The summed E-state index contributed by atoms with van der Waals surface area (Å²) in [6.07, 6.45) is 6.10. The fourth-order valence-corrected chi connectivity index (χ4v) is 3.21. The SMILES string of the molecule is C=C1C/C1=C/C(CCCCCl)=C(c1ccc(O)cc1)c1ccc(O)cc1. The molecule has 2 aromatic carbocycles. The van der Waals surface area contributed by atoms with Crippen LogP contribution in [0.25, 0.3) is 5.57 Å². The van der Waals surface area contributed by atoms with Crippen LogP contribution >= 0.6 is 11.6 Å². The third kappa shape index (κ3) is 4.59. The Morgan fingerprint density at radius 1 is 0.923 bits per heavy atom. The van der Waals surface area contributed by atoms with E-state index in [2.05, 4.69) is 12.7 Å². The number of hydrogen-bond donors (Lipinski definition) is 2. The van der Waals surface area contributed by atoms with Gasteiger partial charge in [0, 0.05) is 5.88 Å². The third-order valence-electron chi connectivity index (χ3n) is 4.54. The van der Waals surface area contributed by atoms with Crippen molar-refractivity contribution in [2.24, 2.45) is 0 Å². The Morgan fingerprint density at radius 3 is 1.85 bits per heavy atom. The maximum Gasteiger partial charge on any atom is 0.115 e. The molecule has 0 unspecified atom stereocenters. The van der Waals surface area contributed by atoms with E-state index in [1.165, 1.54) is 16.7 Å². The Morgan fingerprint density at radius 2 is 1.42 bits per heavy atom. The van der Waals surface area contributed by atoms with Crippen LogP contribution in [0.4, 0.5) is 0 Å². The number of benzene rings is 2. The standard InChI is InChI=1S/C23H23ClO2/c1-16-14-20(16)15-19(4-2-3-13-24)23(17-5-9-21(25)10-6-17)18-7-11-22(26)12-8-18/h5-12,15,25-26H,1-4,13-14H2/b20-15-. The molecule has 1 aliphatic rings. The van der Waals surface area contributed by atoms with Gasteiger partial charge in [-0.3, -0.25) is 0 Å². The van der Waals surface area contributed by atoms with Crippen molar-refractivity contribution in [3.63, 3.8) is 0 Å². The number of rotatable bonds is 7. The molecule has 0 bridgehead atoms. The van der Waals surface area contributed by atoms with Gasteiger partial charge in [0.15, 0.2) is 0 Å². The molecule has 3 rings (SSSR count). The molecule has 0 aromatic heterocycles. The van der Waals surface area contributed by atoms with Crippen LogP contribution in [0.1, 0.15) is 36.8 Å². The lowest BCUT2D eigenvalue weighted by molar-refractivity contribution is 0.475. The third-order valence-corrected chi connectivity index (χ3v) is 4.81. The summed E-state index contributed by atoms with van der Waals surface area (Å²) in [5.74, 6) is 1.15. The number of halogens is 1. The lowest BCUT2D eigenvalue weighted by Gasteiger charge is -2.15. The number of unbranched alkanes of at least 4 members (excludes halogenated alkanes) is 1. The van der Waals surface area contributed by atoms with Crippen LogP contribution in [0.3, 0.4) is 0 Å². The van der Waals surface area contributed by atoms with Crippen molar-refractivity contribution >= 4 is 17.2 Å². The Bertz CT molecular complexity index is 795. The van der Waals surface area contributed by atoms with E-state index in [9.17, 15) is 10.2 Å². The molecule has 2 aromatic rings. The molecule has 26 heavy (non-hydrogen) atoms. The van der Waals surface area contributed by atoms with Crippen molar-refractivity contribution in [1.82, 2.24) is 0 Å². The van der Waals surface area contributed by atoms with Gasteiger partial charge in [0.1, 0.15) is 11.5 Å². The molecule has 3 heteroatoms. The van der Waals surface area contributed by atoms with Gasteiger partial charge < -0.3 is 10.2 Å². The van der Waals surface area contributed by atoms with Gasteiger partial charge in [-0.1, -0.05) is 36.9 Å². The zero-order chi connectivity index (χ0) is 18.5. The molecule has 134 valence electrons. The van der Waals surface area contributed by atoms with Crippen molar-refractivity contribution in [3.05, 3.63) is 89.0 Å². The summed E-state index contributed by atoms with van der Waals surface area (Å²) < 4.78 is 0. The van der Waals surface area contributed by atoms with Gasteiger partial charge in [-0.25, -0.2) is 0 Å². The van der Waals surface area contributed by atoms with Crippen LogP contribution in [-0.4, -0.2) is 16.1 Å². The van der Waals surface area contributed by atoms with Crippen LogP contribution < -0.4 is 0 Å². The van der Waals surface area contributed by atoms with Gasteiger partial charge in [0.05, 0.1) is 0 Å². The quantitative estimate of drug-likeness (QED) is 0.452. The summed E-state index contributed by atoms with van der Waals surface area (Å²) in [5.41, 5.74) is 6.92. The molecular formula is C23H23ClO2. The normalized spacial score (nSPS) is 14.5. The number of alkyl halides is 1. The monoisotopic (exact) mass is 366 g/mol. The van der Waals surface area contributed by atoms with E-state index in [4.69, 9.17) is 11.6 Å². The first kappa shape index (κ1) is 18.3. The minimum atomic E-state index is 0.247. The zero-order valence-electron chi connectivity index (χ0n) is 14.7. The number of phenols is 2. The van der Waals surface area contributed by atoms with Crippen LogP contribution in [0.2, 0.25) is 0 Å². The van der Waals surface area contributed by atoms with Crippen LogP contribution in [0, 0.1) is 0 Å². The molecule has 0 heterocycles. The van der Waals surface area contributed by atoms with Gasteiger partial charge >= 0.3 is 0 Å². The maximum absolute atomic E-state index is 9.66. The number of hydrogen-bond acceptors (Lipinski definition) is 2. The minimum Gasteiger partial charge on any atom is -0.508 e. The van der Waals surface area contributed by atoms with E-state index < -0.39 is 0 Å². The lowest BCUT2D eigenvalue weighted by Crippen LogP contribution is -1.95. The van der Waals surface area contributed by atoms with Crippen LogP contribution in [0.15, 0.2) is 77.9 Å². The molecule has 2 nitrogen and oxygen atoms in total. The molecule has 1 saturated carbocycles. The molecule has 0 amide bonds. The van der Waals surface area contributed by atoms with Crippen molar-refractivity contribution < 1.29 is 10.2 Å². The van der Waals surface area contributed by atoms with Crippen molar-refractivity contribution in [2.45, 2.75) is 25.7 Å². The van der Waals surface area contributed by atoms with Gasteiger partial charge in [0.25, 0.3) is 0 Å².